The number of benzene rings is 3. The van der Waals surface area contributed by atoms with E-state index < -0.39 is 11.6 Å². The second-order valence-electron chi connectivity index (χ2n) is 6.26. The molecular weight excluding hydrogens is 330 g/mol. The zero-order valence-electron chi connectivity index (χ0n) is 14.8. The monoisotopic (exact) mass is 352 g/mol. The molecule has 0 amide bonds. The highest BCUT2D eigenvalue weighted by Crippen LogP contribution is 2.28. The van der Waals surface area contributed by atoms with Crippen molar-refractivity contribution in [2.75, 3.05) is 6.61 Å². The second kappa shape index (κ2) is 8.61. The maximum atomic E-state index is 13.9. The van der Waals surface area contributed by atoms with Crippen molar-refractivity contribution in [1.29, 1.82) is 0 Å². The molecule has 0 bridgehead atoms. The molecule has 0 atom stereocenters. The standard InChI is InChI=1S/C23H22F2O/c1-2-3-4-16-26-20-14-12-18(13-15-20)17-8-10-19(11-9-17)21-6-5-7-22(24)23(21)25/h5-15H,2-4,16H2,1H3. The number of halogens is 2. The van der Waals surface area contributed by atoms with Crippen molar-refractivity contribution < 1.29 is 13.5 Å². The van der Waals surface area contributed by atoms with Crippen LogP contribution < -0.4 is 4.74 Å². The Bertz CT molecular complexity index is 839. The van der Waals surface area contributed by atoms with Crippen molar-refractivity contribution >= 4 is 0 Å². The number of rotatable bonds is 7. The van der Waals surface area contributed by atoms with Gasteiger partial charge in [-0.1, -0.05) is 68.3 Å². The van der Waals surface area contributed by atoms with Gasteiger partial charge in [0, 0.05) is 5.56 Å². The number of ether oxygens (including phenoxy) is 1. The first-order valence-electron chi connectivity index (χ1n) is 8.96. The highest BCUT2D eigenvalue weighted by Gasteiger charge is 2.09. The molecule has 134 valence electrons. The van der Waals surface area contributed by atoms with E-state index in [1.807, 2.05) is 48.5 Å². The SMILES string of the molecule is CCCCCOc1ccc(-c2ccc(-c3cccc(F)c3F)cc2)cc1. The number of hydrogen-bond donors (Lipinski definition) is 0. The highest BCUT2D eigenvalue weighted by atomic mass is 19.2. The molecule has 0 unspecified atom stereocenters. The zero-order chi connectivity index (χ0) is 18.4. The second-order valence-corrected chi connectivity index (χ2v) is 6.26. The van der Waals surface area contributed by atoms with Crippen LogP contribution in [0, 0.1) is 11.6 Å². The zero-order valence-corrected chi connectivity index (χ0v) is 14.8. The third kappa shape index (κ3) is 4.29. The van der Waals surface area contributed by atoms with Crippen molar-refractivity contribution in [3.8, 4) is 28.0 Å². The Kier molecular flexibility index (Phi) is 6.00. The van der Waals surface area contributed by atoms with Gasteiger partial charge in [0.25, 0.3) is 0 Å². The molecule has 0 aliphatic carbocycles. The summed E-state index contributed by atoms with van der Waals surface area (Å²) < 4.78 is 33.0. The van der Waals surface area contributed by atoms with Gasteiger partial charge in [0.05, 0.1) is 6.61 Å². The summed E-state index contributed by atoms with van der Waals surface area (Å²) in [7, 11) is 0. The van der Waals surface area contributed by atoms with Crippen LogP contribution in [0.1, 0.15) is 26.2 Å². The maximum absolute atomic E-state index is 13.9. The average Bonchev–Trinajstić information content (AvgIpc) is 2.68. The van der Waals surface area contributed by atoms with Gasteiger partial charge in [-0.15, -0.1) is 0 Å². The molecule has 3 aromatic carbocycles. The Balaban J connectivity index is 1.71. The summed E-state index contributed by atoms with van der Waals surface area (Å²) in [6.07, 6.45) is 3.42. The molecular formula is C23H22F2O. The van der Waals surface area contributed by atoms with Crippen LogP contribution in [0.5, 0.6) is 5.75 Å². The lowest BCUT2D eigenvalue weighted by Crippen LogP contribution is -1.96. The van der Waals surface area contributed by atoms with Crippen LogP contribution in [0.25, 0.3) is 22.3 Å². The van der Waals surface area contributed by atoms with E-state index in [9.17, 15) is 8.78 Å². The van der Waals surface area contributed by atoms with Crippen LogP contribution in [-0.4, -0.2) is 6.61 Å². The maximum Gasteiger partial charge on any atom is 0.166 e. The predicted molar refractivity (Wildman–Crippen MR) is 102 cm³/mol. The van der Waals surface area contributed by atoms with Gasteiger partial charge < -0.3 is 4.74 Å². The van der Waals surface area contributed by atoms with Crippen LogP contribution in [0.3, 0.4) is 0 Å². The lowest BCUT2D eigenvalue weighted by molar-refractivity contribution is 0.306. The summed E-state index contributed by atoms with van der Waals surface area (Å²) in [5, 5.41) is 0. The predicted octanol–water partition coefficient (Wildman–Crippen LogP) is 6.87. The van der Waals surface area contributed by atoms with Crippen molar-refractivity contribution in [3.05, 3.63) is 78.4 Å². The Morgan fingerprint density at radius 3 is 2.00 bits per heavy atom. The summed E-state index contributed by atoms with van der Waals surface area (Å²) in [6.45, 7) is 2.91. The van der Waals surface area contributed by atoms with E-state index in [4.69, 9.17) is 4.74 Å². The van der Waals surface area contributed by atoms with Crippen LogP contribution in [-0.2, 0) is 0 Å². The lowest BCUT2D eigenvalue weighted by atomic mass is 10.00. The Hall–Kier alpha value is -2.68. The van der Waals surface area contributed by atoms with E-state index in [1.165, 1.54) is 18.9 Å². The highest BCUT2D eigenvalue weighted by molar-refractivity contribution is 5.71. The molecule has 0 saturated heterocycles. The Labute approximate surface area is 153 Å². The van der Waals surface area contributed by atoms with Crippen LogP contribution >= 0.6 is 0 Å². The summed E-state index contributed by atoms with van der Waals surface area (Å²) in [5.41, 5.74) is 2.99. The van der Waals surface area contributed by atoms with Gasteiger partial charge in [-0.05, 0) is 41.3 Å². The normalized spacial score (nSPS) is 10.7. The molecule has 0 aliphatic heterocycles. The fraction of sp³-hybridized carbons (Fsp3) is 0.217. The smallest absolute Gasteiger partial charge is 0.166 e. The largest absolute Gasteiger partial charge is 0.494 e. The molecule has 3 heteroatoms. The molecule has 0 N–H and O–H groups in total. The molecule has 26 heavy (non-hydrogen) atoms. The van der Waals surface area contributed by atoms with Gasteiger partial charge in [-0.3, -0.25) is 0 Å². The van der Waals surface area contributed by atoms with Gasteiger partial charge in [0.2, 0.25) is 0 Å². The summed E-state index contributed by atoms with van der Waals surface area (Å²) >= 11 is 0. The first kappa shape index (κ1) is 18.1. The topological polar surface area (TPSA) is 9.23 Å². The van der Waals surface area contributed by atoms with Gasteiger partial charge in [0.15, 0.2) is 11.6 Å². The van der Waals surface area contributed by atoms with E-state index in [0.717, 1.165) is 36.0 Å². The summed E-state index contributed by atoms with van der Waals surface area (Å²) in [4.78, 5) is 0. The third-order valence-electron chi connectivity index (χ3n) is 4.35. The molecule has 0 aliphatic rings. The van der Waals surface area contributed by atoms with E-state index in [0.29, 0.717) is 5.56 Å². The van der Waals surface area contributed by atoms with Crippen LogP contribution in [0.15, 0.2) is 66.7 Å². The molecule has 0 spiro atoms. The van der Waals surface area contributed by atoms with E-state index in [-0.39, 0.29) is 5.56 Å². The average molecular weight is 352 g/mol. The first-order valence-corrected chi connectivity index (χ1v) is 8.96. The molecule has 0 radical (unpaired) electrons. The Morgan fingerprint density at radius 1 is 0.731 bits per heavy atom. The molecule has 1 nitrogen and oxygen atoms in total. The van der Waals surface area contributed by atoms with E-state index in [1.54, 1.807) is 6.07 Å². The van der Waals surface area contributed by atoms with E-state index in [2.05, 4.69) is 6.92 Å². The quantitative estimate of drug-likeness (QED) is 0.422. The Morgan fingerprint density at radius 2 is 1.35 bits per heavy atom. The van der Waals surface area contributed by atoms with Crippen molar-refractivity contribution in [2.45, 2.75) is 26.2 Å². The molecule has 0 saturated carbocycles. The molecule has 0 fully saturated rings. The van der Waals surface area contributed by atoms with Crippen molar-refractivity contribution in [3.63, 3.8) is 0 Å². The number of unbranched alkanes of at least 4 members (excludes halogenated alkanes) is 2. The van der Waals surface area contributed by atoms with Crippen LogP contribution in [0.2, 0.25) is 0 Å². The minimum absolute atomic E-state index is 0.271. The molecule has 0 aromatic heterocycles. The fourth-order valence-corrected chi connectivity index (χ4v) is 2.85. The van der Waals surface area contributed by atoms with E-state index >= 15 is 0 Å². The third-order valence-corrected chi connectivity index (χ3v) is 4.35. The molecule has 3 rings (SSSR count). The minimum atomic E-state index is -0.832. The van der Waals surface area contributed by atoms with Gasteiger partial charge >= 0.3 is 0 Å². The van der Waals surface area contributed by atoms with Crippen molar-refractivity contribution in [2.24, 2.45) is 0 Å². The van der Waals surface area contributed by atoms with Gasteiger partial charge in [0.1, 0.15) is 5.75 Å². The number of hydrogen-bond acceptors (Lipinski definition) is 1. The summed E-state index contributed by atoms with van der Waals surface area (Å²) in [6, 6.07) is 19.6. The molecule has 0 heterocycles. The minimum Gasteiger partial charge on any atom is -0.494 e. The van der Waals surface area contributed by atoms with Crippen molar-refractivity contribution in [1.82, 2.24) is 0 Å². The molecule has 3 aromatic rings. The van der Waals surface area contributed by atoms with Gasteiger partial charge in [-0.2, -0.15) is 0 Å². The fourth-order valence-electron chi connectivity index (χ4n) is 2.85. The lowest BCUT2D eigenvalue weighted by Gasteiger charge is -2.08. The van der Waals surface area contributed by atoms with Gasteiger partial charge in [-0.25, -0.2) is 8.78 Å². The summed E-state index contributed by atoms with van der Waals surface area (Å²) in [5.74, 6) is -0.783. The van der Waals surface area contributed by atoms with Crippen LogP contribution in [0.4, 0.5) is 8.78 Å². The first-order chi connectivity index (χ1) is 12.7.